The molecule has 0 saturated carbocycles. The van der Waals surface area contributed by atoms with Gasteiger partial charge in [-0.3, -0.25) is 14.5 Å². The van der Waals surface area contributed by atoms with Gasteiger partial charge >= 0.3 is 0 Å². The van der Waals surface area contributed by atoms with Crippen LogP contribution in [0, 0.1) is 6.07 Å². The fourth-order valence-electron chi connectivity index (χ4n) is 8.24. The van der Waals surface area contributed by atoms with Crippen LogP contribution >= 0.6 is 0 Å². The van der Waals surface area contributed by atoms with Crippen molar-refractivity contribution in [2.75, 3.05) is 0 Å². The Morgan fingerprint density at radius 1 is 0.574 bits per heavy atom. The summed E-state index contributed by atoms with van der Waals surface area (Å²) in [6.07, 6.45) is 3.84. The summed E-state index contributed by atoms with van der Waals surface area (Å²) < 4.78 is 2.21. The average Bonchev–Trinajstić information content (AvgIpc) is 3.62. The maximum atomic E-state index is 12.4. The van der Waals surface area contributed by atoms with Crippen molar-refractivity contribution in [3.05, 3.63) is 163 Å². The summed E-state index contributed by atoms with van der Waals surface area (Å²) in [5.74, 6) is 0.916. The fraction of sp³-hybridized carbons (Fsp3) is 0.218. The Hall–Kier alpha value is -5.90. The van der Waals surface area contributed by atoms with E-state index in [4.69, 9.17) is 15.0 Å². The molecule has 0 atom stereocenters. The van der Waals surface area contributed by atoms with Gasteiger partial charge in [0.1, 0.15) is 11.6 Å². The number of fused-ring (bicyclic) bond motifs is 4. The number of imidazole rings is 1. The number of phenolic OH excluding ortho intramolecular Hbond substituents is 1. The first-order valence-corrected chi connectivity index (χ1v) is 20.8. The predicted octanol–water partition coefficient (Wildman–Crippen LogP) is 14.2. The molecule has 0 aliphatic heterocycles. The molecule has 3 heterocycles. The van der Waals surface area contributed by atoms with Gasteiger partial charge in [0, 0.05) is 61.2 Å². The second-order valence-electron chi connectivity index (χ2n) is 19.2. The maximum Gasteiger partial charge on any atom is 0.148 e. The molecule has 9 rings (SSSR count). The van der Waals surface area contributed by atoms with E-state index < -0.39 is 0 Å². The number of nitrogens with zero attached hydrogens (tertiary/aromatic N) is 4. The maximum absolute atomic E-state index is 12.4. The largest absolute Gasteiger partial charge is 0.507 e. The van der Waals surface area contributed by atoms with Crippen LogP contribution in [0.3, 0.4) is 0 Å². The zero-order valence-corrected chi connectivity index (χ0v) is 38.6. The third-order valence-corrected chi connectivity index (χ3v) is 11.7. The van der Waals surface area contributed by atoms with Crippen molar-refractivity contribution >= 4 is 32.7 Å². The molecule has 0 aliphatic carbocycles. The number of aromatic nitrogens is 4. The normalized spacial score (nSPS) is 12.3. The van der Waals surface area contributed by atoms with Crippen LogP contribution in [0.2, 0.25) is 0 Å². The molecular formula is C55H51N4OPt-. The van der Waals surface area contributed by atoms with Crippen molar-refractivity contribution < 1.29 is 26.2 Å². The molecule has 6 heteroatoms. The van der Waals surface area contributed by atoms with Crippen LogP contribution in [0.15, 0.2) is 140 Å². The van der Waals surface area contributed by atoms with Crippen LogP contribution in [0.1, 0.15) is 79.0 Å². The van der Waals surface area contributed by atoms with Gasteiger partial charge in [-0.05, 0) is 74.7 Å². The SMILES string of the molecule is CC(C)(C)c1cc(-c2cc(-c3ccccc3)ccn2)[c-]c(-c2cccc3c2nc(-c2cc(C(C)(C)C)cc(C(C)(C)C)c2O)n3-c2ccc3c(cnc4ccccc43)c2)c1.[Pt]. The summed E-state index contributed by atoms with van der Waals surface area (Å²) in [5, 5.41) is 15.6. The molecule has 0 radical (unpaired) electrons. The number of aromatic hydroxyl groups is 1. The number of pyridine rings is 2. The van der Waals surface area contributed by atoms with E-state index in [2.05, 4.69) is 188 Å². The van der Waals surface area contributed by atoms with E-state index in [1.807, 2.05) is 24.5 Å². The average molecular weight is 979 g/mol. The molecule has 0 aliphatic rings. The van der Waals surface area contributed by atoms with E-state index >= 15 is 0 Å². The van der Waals surface area contributed by atoms with Crippen molar-refractivity contribution in [3.63, 3.8) is 0 Å². The third kappa shape index (κ3) is 7.81. The second-order valence-corrected chi connectivity index (χ2v) is 19.2. The van der Waals surface area contributed by atoms with Gasteiger partial charge in [-0.15, -0.1) is 29.3 Å². The zero-order chi connectivity index (χ0) is 42.1. The molecule has 0 saturated heterocycles. The topological polar surface area (TPSA) is 63.8 Å². The van der Waals surface area contributed by atoms with E-state index in [9.17, 15) is 5.11 Å². The van der Waals surface area contributed by atoms with Crippen molar-refractivity contribution in [2.24, 2.45) is 0 Å². The summed E-state index contributed by atoms with van der Waals surface area (Å²) in [5.41, 5.74) is 12.8. The molecule has 0 unspecified atom stereocenters. The molecule has 3 aromatic heterocycles. The molecule has 0 fully saturated rings. The quantitative estimate of drug-likeness (QED) is 0.138. The third-order valence-electron chi connectivity index (χ3n) is 11.7. The van der Waals surface area contributed by atoms with Crippen molar-refractivity contribution in [1.82, 2.24) is 19.5 Å². The number of rotatable bonds is 5. The molecule has 5 nitrogen and oxygen atoms in total. The first-order valence-electron chi connectivity index (χ1n) is 20.8. The summed E-state index contributed by atoms with van der Waals surface area (Å²) >= 11 is 0. The van der Waals surface area contributed by atoms with Crippen LogP contribution in [0.25, 0.3) is 83.3 Å². The van der Waals surface area contributed by atoms with Gasteiger partial charge in [-0.1, -0.05) is 152 Å². The Morgan fingerprint density at radius 3 is 2.02 bits per heavy atom. The van der Waals surface area contributed by atoms with E-state index in [0.29, 0.717) is 11.4 Å². The van der Waals surface area contributed by atoms with Gasteiger partial charge < -0.3 is 5.11 Å². The molecule has 308 valence electrons. The monoisotopic (exact) mass is 978 g/mol. The van der Waals surface area contributed by atoms with Gasteiger partial charge in [-0.25, -0.2) is 4.98 Å². The van der Waals surface area contributed by atoms with Crippen molar-refractivity contribution in [3.8, 4) is 56.3 Å². The Bertz CT molecular complexity index is 3110. The Morgan fingerprint density at radius 2 is 1.28 bits per heavy atom. The van der Waals surface area contributed by atoms with E-state index in [1.54, 1.807) is 0 Å². The Labute approximate surface area is 373 Å². The number of hydrogen-bond donors (Lipinski definition) is 1. The Balaban J connectivity index is 0.00000514. The zero-order valence-electron chi connectivity index (χ0n) is 36.3. The molecule has 1 N–H and O–H groups in total. The van der Waals surface area contributed by atoms with Crippen LogP contribution in [0.4, 0.5) is 0 Å². The van der Waals surface area contributed by atoms with Crippen LogP contribution in [-0.4, -0.2) is 24.6 Å². The smallest absolute Gasteiger partial charge is 0.148 e. The van der Waals surface area contributed by atoms with Crippen LogP contribution in [0.5, 0.6) is 5.75 Å². The van der Waals surface area contributed by atoms with Gasteiger partial charge in [0.05, 0.1) is 22.1 Å². The van der Waals surface area contributed by atoms with Crippen LogP contribution < -0.4 is 0 Å². The van der Waals surface area contributed by atoms with Crippen molar-refractivity contribution in [2.45, 2.75) is 78.6 Å². The number of phenols is 1. The van der Waals surface area contributed by atoms with E-state index in [0.717, 1.165) is 83.0 Å². The van der Waals surface area contributed by atoms with Gasteiger partial charge in [0.25, 0.3) is 0 Å². The first kappa shape index (κ1) is 41.8. The predicted molar refractivity (Wildman–Crippen MR) is 250 cm³/mol. The molecule has 0 spiro atoms. The second kappa shape index (κ2) is 15.5. The minimum atomic E-state index is -0.317. The fourth-order valence-corrected chi connectivity index (χ4v) is 8.24. The van der Waals surface area contributed by atoms with Gasteiger partial charge in [-0.2, -0.15) is 0 Å². The standard InChI is InChI=1S/C55H51N4O.Pt/c1-53(2,3)39-27-36(26-37(28-39)48-30-35(24-25-56-48)34-16-11-10-12-17-34)43-19-15-21-49-50(43)58-52(45-31-40(54(4,5)6)32-46(51(45)60)55(7,8)9)59(49)41-22-23-42-38(29-41)33-57-47-20-14-13-18-44(42)47;/h10-25,27-33,60H,1-9H3;/q-1;. The number of hydrogen-bond acceptors (Lipinski definition) is 4. The summed E-state index contributed by atoms with van der Waals surface area (Å²) in [6, 6.07) is 48.4. The van der Waals surface area contributed by atoms with E-state index in [1.165, 1.54) is 5.56 Å². The van der Waals surface area contributed by atoms with E-state index in [-0.39, 0.29) is 43.1 Å². The molecule has 61 heavy (non-hydrogen) atoms. The number of benzene rings is 6. The molecular weight excluding hydrogens is 928 g/mol. The summed E-state index contributed by atoms with van der Waals surface area (Å²) in [6.45, 7) is 19.8. The minimum absolute atomic E-state index is 0. The molecule has 0 bridgehead atoms. The summed E-state index contributed by atoms with van der Waals surface area (Å²) in [4.78, 5) is 15.3. The first-order chi connectivity index (χ1) is 28.5. The number of para-hydroxylation sites is 2. The summed E-state index contributed by atoms with van der Waals surface area (Å²) in [7, 11) is 0. The minimum Gasteiger partial charge on any atom is -0.507 e. The van der Waals surface area contributed by atoms with Gasteiger partial charge in [0.2, 0.25) is 0 Å². The molecule has 6 aromatic carbocycles. The molecule has 9 aromatic rings. The van der Waals surface area contributed by atoms with Crippen molar-refractivity contribution in [1.29, 1.82) is 0 Å². The van der Waals surface area contributed by atoms with Crippen LogP contribution in [-0.2, 0) is 37.3 Å². The Kier molecular flexibility index (Phi) is 10.6. The molecule has 0 amide bonds. The van der Waals surface area contributed by atoms with Gasteiger partial charge in [0.15, 0.2) is 0 Å².